The number of hydrogen-bond acceptors (Lipinski definition) is 2. The molecule has 3 nitrogen and oxygen atoms in total. The van der Waals surface area contributed by atoms with E-state index in [-0.39, 0.29) is 11.8 Å². The Morgan fingerprint density at radius 3 is 2.18 bits per heavy atom. The first-order chi connectivity index (χ1) is 8.18. The zero-order valence-corrected chi connectivity index (χ0v) is 10.6. The van der Waals surface area contributed by atoms with Crippen molar-refractivity contribution in [3.63, 3.8) is 0 Å². The van der Waals surface area contributed by atoms with Gasteiger partial charge in [-0.05, 0) is 12.1 Å². The lowest BCUT2D eigenvalue weighted by Gasteiger charge is -2.36. The molecule has 0 aliphatic carbocycles. The molecule has 1 aliphatic heterocycles. The normalized spacial score (nSPS) is 16.4. The molecule has 0 unspecified atom stereocenters. The fourth-order valence-corrected chi connectivity index (χ4v) is 2.19. The Kier molecular flexibility index (Phi) is 3.67. The predicted molar refractivity (Wildman–Crippen MR) is 70.1 cm³/mol. The third kappa shape index (κ3) is 2.78. The number of piperazine rings is 1. The van der Waals surface area contributed by atoms with Crippen molar-refractivity contribution in [2.45, 2.75) is 13.8 Å². The van der Waals surface area contributed by atoms with Gasteiger partial charge in [-0.25, -0.2) is 0 Å². The molecule has 0 atom stereocenters. The van der Waals surface area contributed by atoms with Crippen LogP contribution in [0.4, 0.5) is 5.69 Å². The van der Waals surface area contributed by atoms with Gasteiger partial charge in [0.25, 0.3) is 0 Å². The highest BCUT2D eigenvalue weighted by molar-refractivity contribution is 5.78. The van der Waals surface area contributed by atoms with Crippen molar-refractivity contribution >= 4 is 11.6 Å². The molecule has 3 heteroatoms. The molecule has 0 aromatic heterocycles. The minimum absolute atomic E-state index is 0.110. The van der Waals surface area contributed by atoms with Gasteiger partial charge in [-0.3, -0.25) is 4.79 Å². The summed E-state index contributed by atoms with van der Waals surface area (Å²) in [5, 5.41) is 0. The summed E-state index contributed by atoms with van der Waals surface area (Å²) in [6, 6.07) is 10.4. The first-order valence-corrected chi connectivity index (χ1v) is 6.27. The minimum atomic E-state index is 0.110. The number of carbonyl (C=O) groups is 1. The molecule has 92 valence electrons. The van der Waals surface area contributed by atoms with Crippen LogP contribution in [0.3, 0.4) is 0 Å². The Bertz CT molecular complexity index is 367. The van der Waals surface area contributed by atoms with Gasteiger partial charge in [-0.2, -0.15) is 0 Å². The summed E-state index contributed by atoms with van der Waals surface area (Å²) < 4.78 is 0. The van der Waals surface area contributed by atoms with E-state index >= 15 is 0 Å². The Morgan fingerprint density at radius 2 is 1.65 bits per heavy atom. The Hall–Kier alpha value is -1.51. The molecule has 1 aliphatic rings. The Balaban J connectivity index is 1.93. The van der Waals surface area contributed by atoms with Crippen LogP contribution in [0.5, 0.6) is 0 Å². The maximum Gasteiger partial charge on any atom is 0.225 e. The van der Waals surface area contributed by atoms with Crippen LogP contribution in [-0.4, -0.2) is 37.0 Å². The van der Waals surface area contributed by atoms with Crippen LogP contribution in [-0.2, 0) is 4.79 Å². The van der Waals surface area contributed by atoms with E-state index in [1.165, 1.54) is 5.69 Å². The number of benzene rings is 1. The molecule has 1 aromatic carbocycles. The Labute approximate surface area is 103 Å². The summed E-state index contributed by atoms with van der Waals surface area (Å²) in [5.41, 5.74) is 1.25. The number of amides is 1. The number of nitrogens with zero attached hydrogens (tertiary/aromatic N) is 2. The monoisotopic (exact) mass is 233 g/mol. The number of hydrogen-bond donors (Lipinski definition) is 0. The largest absolute Gasteiger partial charge is 0.368 e. The molecular weight excluding hydrogens is 213 g/mol. The average Bonchev–Trinajstić information content (AvgIpc) is 2.39. The fraction of sp³-hybridized carbons (Fsp3) is 0.500. The van der Waals surface area contributed by atoms with Crippen LogP contribution >= 0.6 is 0 Å². The highest BCUT2D eigenvalue weighted by Crippen LogP contribution is 2.16. The van der Waals surface area contributed by atoms with Crippen LogP contribution in [0, 0.1) is 5.92 Å². The predicted octanol–water partition coefficient (Wildman–Crippen LogP) is 1.99. The molecule has 0 spiro atoms. The lowest BCUT2D eigenvalue weighted by Crippen LogP contribution is -2.49. The topological polar surface area (TPSA) is 23.6 Å². The molecule has 1 amide bonds. The molecule has 17 heavy (non-hydrogen) atoms. The molecule has 1 aromatic rings. The fourth-order valence-electron chi connectivity index (χ4n) is 2.19. The third-order valence-electron chi connectivity index (χ3n) is 3.21. The molecule has 1 fully saturated rings. The Morgan fingerprint density at radius 1 is 1.06 bits per heavy atom. The van der Waals surface area contributed by atoms with Gasteiger partial charge < -0.3 is 9.80 Å². The van der Waals surface area contributed by atoms with Gasteiger partial charge in [0.05, 0.1) is 0 Å². The number of para-hydroxylation sites is 1. The van der Waals surface area contributed by atoms with Gasteiger partial charge in [-0.1, -0.05) is 32.0 Å². The summed E-state index contributed by atoms with van der Waals surface area (Å²) in [6.45, 7) is 7.47. The standard InChI is InChI=1S/C14H20N2O/c1-12(2)14(17)16-10-8-15(9-11-16)13-6-4-3-5-7-13/h3-7,12H,8-11H2,1-2H3/i14+1. The van der Waals surface area contributed by atoms with Gasteiger partial charge in [0.2, 0.25) is 5.91 Å². The number of rotatable bonds is 2. The van der Waals surface area contributed by atoms with Gasteiger partial charge >= 0.3 is 0 Å². The maximum atomic E-state index is 11.8. The van der Waals surface area contributed by atoms with E-state index in [0.29, 0.717) is 0 Å². The van der Waals surface area contributed by atoms with Crippen LogP contribution in [0.25, 0.3) is 0 Å². The summed E-state index contributed by atoms with van der Waals surface area (Å²) in [4.78, 5) is 16.2. The summed E-state index contributed by atoms with van der Waals surface area (Å²) in [6.07, 6.45) is 0. The van der Waals surface area contributed by atoms with Crippen molar-refractivity contribution in [1.82, 2.24) is 4.90 Å². The van der Waals surface area contributed by atoms with Gasteiger partial charge in [0.15, 0.2) is 0 Å². The summed E-state index contributed by atoms with van der Waals surface area (Å²) in [7, 11) is 0. The van der Waals surface area contributed by atoms with Crippen molar-refractivity contribution in [2.24, 2.45) is 5.92 Å². The molecule has 0 radical (unpaired) electrons. The van der Waals surface area contributed by atoms with E-state index in [4.69, 9.17) is 0 Å². The third-order valence-corrected chi connectivity index (χ3v) is 3.21. The van der Waals surface area contributed by atoms with E-state index in [9.17, 15) is 4.79 Å². The molecular formula is C14H20N2O. The van der Waals surface area contributed by atoms with Crippen molar-refractivity contribution in [3.8, 4) is 0 Å². The van der Waals surface area contributed by atoms with Crippen molar-refractivity contribution in [3.05, 3.63) is 30.3 Å². The highest BCUT2D eigenvalue weighted by Gasteiger charge is 2.22. The summed E-state index contributed by atoms with van der Waals surface area (Å²) in [5.74, 6) is 0.385. The van der Waals surface area contributed by atoms with Crippen LogP contribution in [0.15, 0.2) is 30.3 Å². The van der Waals surface area contributed by atoms with Crippen molar-refractivity contribution in [2.75, 3.05) is 31.1 Å². The first kappa shape index (κ1) is 12.0. The van der Waals surface area contributed by atoms with Gasteiger partial charge in [-0.15, -0.1) is 0 Å². The smallest absolute Gasteiger partial charge is 0.225 e. The maximum absolute atomic E-state index is 11.8. The summed E-state index contributed by atoms with van der Waals surface area (Å²) >= 11 is 0. The minimum Gasteiger partial charge on any atom is -0.368 e. The average molecular weight is 233 g/mol. The van der Waals surface area contributed by atoms with E-state index in [1.54, 1.807) is 0 Å². The first-order valence-electron chi connectivity index (χ1n) is 6.27. The second-order valence-electron chi connectivity index (χ2n) is 4.80. The van der Waals surface area contributed by atoms with Crippen LogP contribution < -0.4 is 4.90 Å². The molecule has 0 saturated carbocycles. The van der Waals surface area contributed by atoms with E-state index < -0.39 is 0 Å². The van der Waals surface area contributed by atoms with Gasteiger partial charge in [0, 0.05) is 37.8 Å². The zero-order valence-electron chi connectivity index (χ0n) is 10.6. The lowest BCUT2D eigenvalue weighted by molar-refractivity contribution is -0.134. The molecule has 2 rings (SSSR count). The molecule has 1 heterocycles. The number of anilines is 1. The van der Waals surface area contributed by atoms with Crippen LogP contribution in [0.1, 0.15) is 13.8 Å². The lowest BCUT2D eigenvalue weighted by atomic mass is 10.2. The second kappa shape index (κ2) is 5.21. The van der Waals surface area contributed by atoms with Crippen molar-refractivity contribution < 1.29 is 4.79 Å². The van der Waals surface area contributed by atoms with E-state index in [0.717, 1.165) is 26.2 Å². The highest BCUT2D eigenvalue weighted by atomic mass is 16.2. The molecule has 0 bridgehead atoms. The van der Waals surface area contributed by atoms with Crippen molar-refractivity contribution in [1.29, 1.82) is 0 Å². The second-order valence-corrected chi connectivity index (χ2v) is 4.80. The quantitative estimate of drug-likeness (QED) is 0.729. The van der Waals surface area contributed by atoms with Crippen LogP contribution in [0.2, 0.25) is 0 Å². The van der Waals surface area contributed by atoms with E-state index in [1.807, 2.05) is 24.8 Å². The number of carbonyl (C=O) groups excluding carboxylic acids is 1. The SMILES string of the molecule is CC(C)[13C](=O)N1CCN(c2ccccc2)CC1. The molecule has 0 N–H and O–H groups in total. The van der Waals surface area contributed by atoms with E-state index in [2.05, 4.69) is 29.2 Å². The van der Waals surface area contributed by atoms with Gasteiger partial charge in [0.1, 0.15) is 0 Å². The zero-order chi connectivity index (χ0) is 12.3. The molecule has 1 saturated heterocycles.